The van der Waals surface area contributed by atoms with Crippen LogP contribution in [0.15, 0.2) is 0 Å². The van der Waals surface area contributed by atoms with Crippen molar-refractivity contribution in [3.8, 4) is 0 Å². The zero-order valence-corrected chi connectivity index (χ0v) is 8.64. The van der Waals surface area contributed by atoms with Gasteiger partial charge < -0.3 is 15.4 Å². The van der Waals surface area contributed by atoms with E-state index in [1.807, 2.05) is 7.05 Å². The highest BCUT2D eigenvalue weighted by Crippen LogP contribution is 2.16. The molecule has 0 aromatic rings. The molecule has 0 bridgehead atoms. The van der Waals surface area contributed by atoms with Crippen LogP contribution in [0.1, 0.15) is 25.7 Å². The van der Waals surface area contributed by atoms with Crippen molar-refractivity contribution in [2.45, 2.75) is 31.8 Å². The molecular formula is C10H22N2O. The van der Waals surface area contributed by atoms with E-state index in [1.54, 1.807) is 0 Å². The van der Waals surface area contributed by atoms with Crippen LogP contribution in [0.3, 0.4) is 0 Å². The Balaban J connectivity index is 1.78. The van der Waals surface area contributed by atoms with E-state index < -0.39 is 0 Å². The Morgan fingerprint density at radius 2 is 2.23 bits per heavy atom. The molecule has 1 aliphatic rings. The average Bonchev–Trinajstić information content (AvgIpc) is 2.63. The van der Waals surface area contributed by atoms with Crippen LogP contribution < -0.4 is 10.6 Å². The van der Waals surface area contributed by atoms with Crippen LogP contribution in [-0.2, 0) is 4.74 Å². The highest BCUT2D eigenvalue weighted by molar-refractivity contribution is 4.65. The maximum absolute atomic E-state index is 5.54. The van der Waals surface area contributed by atoms with Crippen LogP contribution >= 0.6 is 0 Å². The number of likely N-dealkylation sites (N-methyl/N-ethyl adjacent to an activating group) is 1. The van der Waals surface area contributed by atoms with Gasteiger partial charge in [0, 0.05) is 19.7 Å². The number of hydrogen-bond acceptors (Lipinski definition) is 3. The van der Waals surface area contributed by atoms with E-state index in [2.05, 4.69) is 10.6 Å². The van der Waals surface area contributed by atoms with Crippen LogP contribution in [0.5, 0.6) is 0 Å². The molecule has 0 aromatic carbocycles. The van der Waals surface area contributed by atoms with E-state index in [0.717, 1.165) is 26.2 Å². The molecule has 1 aliphatic heterocycles. The summed E-state index contributed by atoms with van der Waals surface area (Å²) < 4.78 is 5.54. The van der Waals surface area contributed by atoms with Gasteiger partial charge >= 0.3 is 0 Å². The summed E-state index contributed by atoms with van der Waals surface area (Å²) in [6.07, 6.45) is 5.57. The molecule has 0 aromatic heterocycles. The summed E-state index contributed by atoms with van der Waals surface area (Å²) in [6, 6.07) is 0. The fourth-order valence-corrected chi connectivity index (χ4v) is 1.67. The molecule has 3 heteroatoms. The van der Waals surface area contributed by atoms with Crippen molar-refractivity contribution >= 4 is 0 Å². The first kappa shape index (κ1) is 11.0. The summed E-state index contributed by atoms with van der Waals surface area (Å²) in [5.41, 5.74) is 0. The molecular weight excluding hydrogens is 164 g/mol. The van der Waals surface area contributed by atoms with E-state index >= 15 is 0 Å². The Morgan fingerprint density at radius 1 is 1.31 bits per heavy atom. The Morgan fingerprint density at radius 3 is 2.92 bits per heavy atom. The van der Waals surface area contributed by atoms with Gasteiger partial charge in [-0.2, -0.15) is 0 Å². The number of rotatable bonds is 7. The molecule has 1 rings (SSSR count). The molecule has 0 saturated carbocycles. The van der Waals surface area contributed by atoms with Crippen LogP contribution in [0.4, 0.5) is 0 Å². The second-order valence-corrected chi connectivity index (χ2v) is 3.63. The van der Waals surface area contributed by atoms with Crippen molar-refractivity contribution in [2.24, 2.45) is 0 Å². The topological polar surface area (TPSA) is 33.3 Å². The smallest absolute Gasteiger partial charge is 0.0576 e. The summed E-state index contributed by atoms with van der Waals surface area (Å²) >= 11 is 0. The first-order valence-corrected chi connectivity index (χ1v) is 5.40. The van der Waals surface area contributed by atoms with Crippen molar-refractivity contribution in [3.63, 3.8) is 0 Å². The molecule has 1 heterocycles. The largest absolute Gasteiger partial charge is 0.378 e. The second kappa shape index (κ2) is 7.30. The highest BCUT2D eigenvalue weighted by Gasteiger charge is 2.13. The van der Waals surface area contributed by atoms with Gasteiger partial charge in [0.05, 0.1) is 6.10 Å². The summed E-state index contributed by atoms with van der Waals surface area (Å²) in [6.45, 7) is 4.24. The molecule has 2 N–H and O–H groups in total. The maximum atomic E-state index is 5.54. The predicted molar refractivity (Wildman–Crippen MR) is 55.0 cm³/mol. The van der Waals surface area contributed by atoms with E-state index in [-0.39, 0.29) is 0 Å². The minimum absolute atomic E-state index is 0.561. The normalized spacial score (nSPS) is 22.4. The summed E-state index contributed by atoms with van der Waals surface area (Å²) in [4.78, 5) is 0. The average molecular weight is 186 g/mol. The minimum atomic E-state index is 0.561. The lowest BCUT2D eigenvalue weighted by atomic mass is 10.1. The summed E-state index contributed by atoms with van der Waals surface area (Å²) in [7, 11) is 1.98. The molecule has 1 unspecified atom stereocenters. The third kappa shape index (κ3) is 5.24. The molecule has 1 saturated heterocycles. The van der Waals surface area contributed by atoms with E-state index in [0.29, 0.717) is 6.10 Å². The Bertz CT molecular complexity index is 113. The van der Waals surface area contributed by atoms with Gasteiger partial charge in [0.2, 0.25) is 0 Å². The minimum Gasteiger partial charge on any atom is -0.378 e. The van der Waals surface area contributed by atoms with Crippen molar-refractivity contribution in [3.05, 3.63) is 0 Å². The van der Waals surface area contributed by atoms with Gasteiger partial charge in [-0.05, 0) is 39.3 Å². The molecule has 13 heavy (non-hydrogen) atoms. The van der Waals surface area contributed by atoms with Crippen molar-refractivity contribution in [1.82, 2.24) is 10.6 Å². The zero-order chi connectivity index (χ0) is 9.36. The van der Waals surface area contributed by atoms with Crippen molar-refractivity contribution < 1.29 is 4.74 Å². The lowest BCUT2D eigenvalue weighted by molar-refractivity contribution is 0.102. The fourth-order valence-electron chi connectivity index (χ4n) is 1.67. The third-order valence-corrected chi connectivity index (χ3v) is 2.46. The third-order valence-electron chi connectivity index (χ3n) is 2.46. The van der Waals surface area contributed by atoms with Crippen molar-refractivity contribution in [2.75, 3.05) is 33.3 Å². The van der Waals surface area contributed by atoms with Crippen LogP contribution in [0.2, 0.25) is 0 Å². The Kier molecular flexibility index (Phi) is 6.15. The van der Waals surface area contributed by atoms with Gasteiger partial charge in [0.15, 0.2) is 0 Å². The number of ether oxygens (including phenoxy) is 1. The van der Waals surface area contributed by atoms with Gasteiger partial charge in [0.25, 0.3) is 0 Å². The van der Waals surface area contributed by atoms with E-state index in [9.17, 15) is 0 Å². The molecule has 1 fully saturated rings. The summed E-state index contributed by atoms with van der Waals surface area (Å²) in [5.74, 6) is 0. The maximum Gasteiger partial charge on any atom is 0.0576 e. The SMILES string of the molecule is CNCCNCCCC1CCCO1. The van der Waals surface area contributed by atoms with Crippen molar-refractivity contribution in [1.29, 1.82) is 0 Å². The number of hydrogen-bond donors (Lipinski definition) is 2. The Hall–Kier alpha value is -0.120. The monoisotopic (exact) mass is 186 g/mol. The summed E-state index contributed by atoms with van der Waals surface area (Å²) in [5, 5.41) is 6.50. The Labute approximate surface area is 81.2 Å². The van der Waals surface area contributed by atoms with Gasteiger partial charge in [-0.15, -0.1) is 0 Å². The van der Waals surface area contributed by atoms with Crippen LogP contribution in [-0.4, -0.2) is 39.4 Å². The molecule has 0 aliphatic carbocycles. The van der Waals surface area contributed by atoms with Gasteiger partial charge in [0.1, 0.15) is 0 Å². The molecule has 1 atom stereocenters. The predicted octanol–water partition coefficient (Wildman–Crippen LogP) is 0.755. The fraction of sp³-hybridized carbons (Fsp3) is 1.00. The van der Waals surface area contributed by atoms with E-state index in [4.69, 9.17) is 4.74 Å². The van der Waals surface area contributed by atoms with Gasteiger partial charge in [-0.3, -0.25) is 0 Å². The lowest BCUT2D eigenvalue weighted by Crippen LogP contribution is -2.26. The first-order valence-electron chi connectivity index (χ1n) is 5.40. The molecule has 0 radical (unpaired) electrons. The molecule has 78 valence electrons. The standard InChI is InChI=1S/C10H22N2O/c1-11-7-8-12-6-2-4-10-5-3-9-13-10/h10-12H,2-9H2,1H3. The van der Waals surface area contributed by atoms with E-state index in [1.165, 1.54) is 25.7 Å². The lowest BCUT2D eigenvalue weighted by Gasteiger charge is -2.09. The quantitative estimate of drug-likeness (QED) is 0.576. The zero-order valence-electron chi connectivity index (χ0n) is 8.64. The van der Waals surface area contributed by atoms with Gasteiger partial charge in [-0.25, -0.2) is 0 Å². The van der Waals surface area contributed by atoms with Gasteiger partial charge in [-0.1, -0.05) is 0 Å². The molecule has 0 amide bonds. The van der Waals surface area contributed by atoms with Crippen LogP contribution in [0.25, 0.3) is 0 Å². The second-order valence-electron chi connectivity index (χ2n) is 3.63. The highest BCUT2D eigenvalue weighted by atomic mass is 16.5. The first-order chi connectivity index (χ1) is 6.43. The molecule has 3 nitrogen and oxygen atoms in total. The molecule has 0 spiro atoms. The van der Waals surface area contributed by atoms with Crippen LogP contribution in [0, 0.1) is 0 Å². The number of nitrogens with one attached hydrogen (secondary N) is 2.